The summed E-state index contributed by atoms with van der Waals surface area (Å²) in [5.41, 5.74) is 1.57. The highest BCUT2D eigenvalue weighted by Crippen LogP contribution is 2.11. The summed E-state index contributed by atoms with van der Waals surface area (Å²) < 4.78 is 3.03. The Hall–Kier alpha value is -2.33. The second-order valence-electron chi connectivity index (χ2n) is 4.02. The van der Waals surface area contributed by atoms with Crippen molar-refractivity contribution in [2.75, 3.05) is 0 Å². The Kier molecular flexibility index (Phi) is 2.93. The van der Waals surface area contributed by atoms with Gasteiger partial charge >= 0.3 is 0 Å². The van der Waals surface area contributed by atoms with Crippen LogP contribution in [-0.4, -0.2) is 9.78 Å². The van der Waals surface area contributed by atoms with E-state index < -0.39 is 0 Å². The van der Waals surface area contributed by atoms with Gasteiger partial charge in [0.2, 0.25) is 12.3 Å². The summed E-state index contributed by atoms with van der Waals surface area (Å²) in [4.78, 5) is 0. The van der Waals surface area contributed by atoms with Crippen LogP contribution in [0.1, 0.15) is 0 Å². The first-order valence-electron chi connectivity index (χ1n) is 5.74. The van der Waals surface area contributed by atoms with Gasteiger partial charge in [0.25, 0.3) is 0 Å². The highest BCUT2D eigenvalue weighted by atomic mass is 35.5. The van der Waals surface area contributed by atoms with E-state index in [1.807, 2.05) is 30.3 Å². The third kappa shape index (κ3) is 2.30. The molecular formula is C14H10ClN3O. The average Bonchev–Trinajstić information content (AvgIpc) is 2.83. The molecule has 0 aliphatic rings. The van der Waals surface area contributed by atoms with Gasteiger partial charge in [0.1, 0.15) is 11.4 Å². The molecule has 0 aliphatic heterocycles. The summed E-state index contributed by atoms with van der Waals surface area (Å²) in [5.74, 6) is 0. The van der Waals surface area contributed by atoms with E-state index in [2.05, 4.69) is 5.10 Å². The molecule has 0 fully saturated rings. The number of hydrogen-bond acceptors (Lipinski definition) is 2. The standard InChI is InChI=1S/C14H10ClN3O/c15-11-6-8-12(9-7-11)17-10-18(16-14(17)19)13-4-2-1-3-5-13/h1-10H. The van der Waals surface area contributed by atoms with Crippen molar-refractivity contribution < 1.29 is 9.67 Å². The quantitative estimate of drug-likeness (QED) is 0.668. The van der Waals surface area contributed by atoms with Crippen molar-refractivity contribution >= 4 is 11.6 Å². The first-order valence-corrected chi connectivity index (χ1v) is 6.11. The summed E-state index contributed by atoms with van der Waals surface area (Å²) in [5, 5.41) is 16.5. The van der Waals surface area contributed by atoms with Gasteiger partial charge in [-0.1, -0.05) is 34.5 Å². The fourth-order valence-corrected chi connectivity index (χ4v) is 1.93. The molecule has 0 bridgehead atoms. The molecule has 19 heavy (non-hydrogen) atoms. The smallest absolute Gasteiger partial charge is 0.250 e. The third-order valence-electron chi connectivity index (χ3n) is 2.75. The Morgan fingerprint density at radius 1 is 1.00 bits per heavy atom. The van der Waals surface area contributed by atoms with Crippen LogP contribution in [0.15, 0.2) is 60.9 Å². The number of para-hydroxylation sites is 1. The molecule has 0 saturated carbocycles. The van der Waals surface area contributed by atoms with Gasteiger partial charge in [-0.25, -0.2) is 4.57 Å². The van der Waals surface area contributed by atoms with Gasteiger partial charge in [0, 0.05) is 10.1 Å². The molecule has 1 heterocycles. The summed E-state index contributed by atoms with van der Waals surface area (Å²) in [6.45, 7) is 0. The van der Waals surface area contributed by atoms with E-state index in [9.17, 15) is 5.11 Å². The maximum atomic E-state index is 11.9. The second-order valence-corrected chi connectivity index (χ2v) is 4.46. The number of hydrogen-bond donors (Lipinski definition) is 0. The van der Waals surface area contributed by atoms with E-state index >= 15 is 0 Å². The Morgan fingerprint density at radius 2 is 1.68 bits per heavy atom. The Balaban J connectivity index is 2.05. The van der Waals surface area contributed by atoms with E-state index in [1.165, 1.54) is 4.57 Å². The predicted octanol–water partition coefficient (Wildman–Crippen LogP) is 1.88. The van der Waals surface area contributed by atoms with E-state index in [0.717, 1.165) is 11.4 Å². The molecule has 5 heteroatoms. The van der Waals surface area contributed by atoms with Crippen molar-refractivity contribution in [2.24, 2.45) is 0 Å². The van der Waals surface area contributed by atoms with Gasteiger partial charge in [-0.3, -0.25) is 0 Å². The SMILES string of the molecule is [O-]c1nn(-c2ccccc2)c[n+]1-c1ccc(Cl)cc1. The lowest BCUT2D eigenvalue weighted by molar-refractivity contribution is -0.651. The molecule has 3 aromatic rings. The van der Waals surface area contributed by atoms with Gasteiger partial charge in [0.15, 0.2) is 0 Å². The van der Waals surface area contributed by atoms with Crippen LogP contribution in [0.2, 0.25) is 5.02 Å². The van der Waals surface area contributed by atoms with E-state index in [1.54, 1.807) is 35.3 Å². The maximum Gasteiger partial charge on any atom is 0.250 e. The van der Waals surface area contributed by atoms with Crippen LogP contribution in [0.5, 0.6) is 6.01 Å². The third-order valence-corrected chi connectivity index (χ3v) is 3.00. The van der Waals surface area contributed by atoms with Gasteiger partial charge in [-0.15, -0.1) is 0 Å². The van der Waals surface area contributed by atoms with Crippen LogP contribution in [0.4, 0.5) is 0 Å². The lowest BCUT2D eigenvalue weighted by Gasteiger charge is -2.00. The second kappa shape index (κ2) is 4.74. The number of benzene rings is 2. The van der Waals surface area contributed by atoms with E-state index in [-0.39, 0.29) is 6.01 Å². The molecule has 0 aliphatic carbocycles. The number of halogens is 1. The Morgan fingerprint density at radius 3 is 2.37 bits per heavy atom. The molecule has 0 unspecified atom stereocenters. The Bertz CT molecular complexity index is 692. The predicted molar refractivity (Wildman–Crippen MR) is 69.6 cm³/mol. The van der Waals surface area contributed by atoms with Crippen LogP contribution in [0.25, 0.3) is 11.4 Å². The van der Waals surface area contributed by atoms with Crippen LogP contribution in [0.3, 0.4) is 0 Å². The van der Waals surface area contributed by atoms with Crippen molar-refractivity contribution in [3.05, 3.63) is 65.9 Å². The summed E-state index contributed by atoms with van der Waals surface area (Å²) in [6, 6.07) is 16.2. The van der Waals surface area contributed by atoms with Crippen molar-refractivity contribution in [1.82, 2.24) is 9.78 Å². The minimum absolute atomic E-state index is 0.328. The summed E-state index contributed by atoms with van der Waals surface area (Å²) in [6.07, 6.45) is 1.65. The molecule has 0 radical (unpaired) electrons. The topological polar surface area (TPSA) is 44.8 Å². The molecule has 94 valence electrons. The molecule has 0 spiro atoms. The normalized spacial score (nSPS) is 10.6. The molecule has 2 aromatic carbocycles. The van der Waals surface area contributed by atoms with Crippen LogP contribution < -0.4 is 9.67 Å². The number of nitrogens with zero attached hydrogens (tertiary/aromatic N) is 3. The molecule has 0 saturated heterocycles. The molecule has 0 atom stereocenters. The largest absolute Gasteiger partial charge is 0.817 e. The van der Waals surface area contributed by atoms with Crippen LogP contribution >= 0.6 is 11.6 Å². The van der Waals surface area contributed by atoms with Crippen LogP contribution in [0, 0.1) is 0 Å². The first kappa shape index (κ1) is 11.7. The van der Waals surface area contributed by atoms with Gasteiger partial charge in [-0.05, 0) is 36.4 Å². The zero-order valence-electron chi connectivity index (χ0n) is 9.90. The molecular weight excluding hydrogens is 262 g/mol. The molecule has 1 aromatic heterocycles. The highest BCUT2D eigenvalue weighted by molar-refractivity contribution is 6.30. The van der Waals surface area contributed by atoms with E-state index in [4.69, 9.17) is 11.6 Å². The summed E-state index contributed by atoms with van der Waals surface area (Å²) >= 11 is 5.83. The van der Waals surface area contributed by atoms with Crippen molar-refractivity contribution in [3.8, 4) is 17.4 Å². The number of rotatable bonds is 2. The molecule has 3 rings (SSSR count). The lowest BCUT2D eigenvalue weighted by atomic mass is 10.3. The molecule has 0 amide bonds. The Labute approximate surface area is 115 Å². The molecule has 0 N–H and O–H groups in total. The van der Waals surface area contributed by atoms with E-state index in [0.29, 0.717) is 5.02 Å². The summed E-state index contributed by atoms with van der Waals surface area (Å²) in [7, 11) is 0. The fraction of sp³-hybridized carbons (Fsp3) is 0. The zero-order chi connectivity index (χ0) is 13.2. The van der Waals surface area contributed by atoms with Crippen molar-refractivity contribution in [2.45, 2.75) is 0 Å². The minimum atomic E-state index is -0.328. The van der Waals surface area contributed by atoms with Gasteiger partial charge in [-0.2, -0.15) is 0 Å². The number of aromatic nitrogens is 3. The van der Waals surface area contributed by atoms with Gasteiger partial charge < -0.3 is 5.11 Å². The van der Waals surface area contributed by atoms with Crippen molar-refractivity contribution in [3.63, 3.8) is 0 Å². The lowest BCUT2D eigenvalue weighted by Crippen LogP contribution is -2.32. The monoisotopic (exact) mass is 271 g/mol. The minimum Gasteiger partial charge on any atom is -0.817 e. The van der Waals surface area contributed by atoms with Gasteiger partial charge in [0.05, 0.1) is 0 Å². The fourth-order valence-electron chi connectivity index (χ4n) is 1.81. The molecule has 4 nitrogen and oxygen atoms in total. The zero-order valence-corrected chi connectivity index (χ0v) is 10.7. The highest BCUT2D eigenvalue weighted by Gasteiger charge is 2.12. The van der Waals surface area contributed by atoms with Crippen molar-refractivity contribution in [1.29, 1.82) is 0 Å². The average molecular weight is 272 g/mol. The maximum absolute atomic E-state index is 11.9. The van der Waals surface area contributed by atoms with Crippen LogP contribution in [-0.2, 0) is 0 Å². The first-order chi connectivity index (χ1) is 9.24.